The number of unbranched alkanes of at least 4 members (excludes halogenated alkanes) is 3. The zero-order valence-corrected chi connectivity index (χ0v) is 13.3. The first-order valence-electron chi connectivity index (χ1n) is 6.92. The highest BCUT2D eigenvalue weighted by Gasteiger charge is 2.06. The third-order valence-corrected chi connectivity index (χ3v) is 4.51. The van der Waals surface area contributed by atoms with Crippen LogP contribution in [0.15, 0.2) is 41.8 Å². The molecular formula is C16H24ClNS. The van der Waals surface area contributed by atoms with Gasteiger partial charge < -0.3 is 5.32 Å². The standard InChI is InChI=1S/C16H24ClNS/c1-3-4-5-6-7-10-15(18-2)13-19-16-11-8-9-14(17)12-16/h3,8-9,11-12,15,18H,1,4-7,10,13H2,2H3. The van der Waals surface area contributed by atoms with E-state index >= 15 is 0 Å². The van der Waals surface area contributed by atoms with Crippen LogP contribution in [0.5, 0.6) is 0 Å². The summed E-state index contributed by atoms with van der Waals surface area (Å²) < 4.78 is 0. The van der Waals surface area contributed by atoms with Gasteiger partial charge in [0, 0.05) is 21.7 Å². The Morgan fingerprint density at radius 1 is 1.37 bits per heavy atom. The zero-order valence-electron chi connectivity index (χ0n) is 11.7. The average molecular weight is 298 g/mol. The van der Waals surface area contributed by atoms with Crippen molar-refractivity contribution in [3.05, 3.63) is 41.9 Å². The van der Waals surface area contributed by atoms with Crippen LogP contribution in [-0.2, 0) is 0 Å². The van der Waals surface area contributed by atoms with Gasteiger partial charge in [-0.1, -0.05) is 36.6 Å². The number of thioether (sulfide) groups is 1. The minimum absolute atomic E-state index is 0.577. The summed E-state index contributed by atoms with van der Waals surface area (Å²) in [4.78, 5) is 1.25. The van der Waals surface area contributed by atoms with Crippen LogP contribution in [0.3, 0.4) is 0 Å². The molecule has 1 aromatic rings. The van der Waals surface area contributed by atoms with Crippen LogP contribution in [0.2, 0.25) is 5.02 Å². The highest BCUT2D eigenvalue weighted by Crippen LogP contribution is 2.23. The fraction of sp³-hybridized carbons (Fsp3) is 0.500. The smallest absolute Gasteiger partial charge is 0.0417 e. The van der Waals surface area contributed by atoms with Gasteiger partial charge in [-0.15, -0.1) is 18.3 Å². The molecule has 0 saturated heterocycles. The van der Waals surface area contributed by atoms with Crippen LogP contribution in [0, 0.1) is 0 Å². The van der Waals surface area contributed by atoms with E-state index in [2.05, 4.69) is 18.0 Å². The molecule has 1 aromatic carbocycles. The Kier molecular flexibility index (Phi) is 9.06. The van der Waals surface area contributed by atoms with Crippen LogP contribution < -0.4 is 5.32 Å². The van der Waals surface area contributed by atoms with Crippen molar-refractivity contribution in [1.82, 2.24) is 5.32 Å². The molecule has 3 heteroatoms. The van der Waals surface area contributed by atoms with Gasteiger partial charge in [-0.2, -0.15) is 0 Å². The van der Waals surface area contributed by atoms with E-state index in [-0.39, 0.29) is 0 Å². The van der Waals surface area contributed by atoms with Crippen molar-refractivity contribution in [1.29, 1.82) is 0 Å². The molecule has 0 saturated carbocycles. The van der Waals surface area contributed by atoms with Crippen molar-refractivity contribution in [3.8, 4) is 0 Å². The molecular weight excluding hydrogens is 274 g/mol. The van der Waals surface area contributed by atoms with E-state index in [1.165, 1.54) is 30.6 Å². The fourth-order valence-corrected chi connectivity index (χ4v) is 3.29. The summed E-state index contributed by atoms with van der Waals surface area (Å²) in [6.07, 6.45) is 8.23. The normalized spacial score (nSPS) is 12.3. The third kappa shape index (κ3) is 7.66. The summed E-state index contributed by atoms with van der Waals surface area (Å²) in [5.41, 5.74) is 0. The fourth-order valence-electron chi connectivity index (χ4n) is 1.92. The molecule has 1 rings (SSSR count). The number of hydrogen-bond acceptors (Lipinski definition) is 2. The lowest BCUT2D eigenvalue weighted by Gasteiger charge is -2.15. The number of allylic oxidation sites excluding steroid dienone is 1. The lowest BCUT2D eigenvalue weighted by atomic mass is 10.1. The van der Waals surface area contributed by atoms with E-state index in [1.807, 2.05) is 43.1 Å². The summed E-state index contributed by atoms with van der Waals surface area (Å²) in [5, 5.41) is 4.22. The van der Waals surface area contributed by atoms with Gasteiger partial charge in [0.25, 0.3) is 0 Å². The Hall–Kier alpha value is -0.440. The van der Waals surface area contributed by atoms with Gasteiger partial charge in [-0.3, -0.25) is 0 Å². The summed E-state index contributed by atoms with van der Waals surface area (Å²) >= 11 is 7.86. The Bertz CT molecular complexity index is 368. The van der Waals surface area contributed by atoms with Gasteiger partial charge in [-0.25, -0.2) is 0 Å². The maximum Gasteiger partial charge on any atom is 0.0417 e. The predicted molar refractivity (Wildman–Crippen MR) is 88.3 cm³/mol. The van der Waals surface area contributed by atoms with E-state index in [0.29, 0.717) is 6.04 Å². The van der Waals surface area contributed by atoms with Crippen LogP contribution in [0.25, 0.3) is 0 Å². The minimum Gasteiger partial charge on any atom is -0.316 e. The molecule has 0 radical (unpaired) electrons. The van der Waals surface area contributed by atoms with Crippen molar-refractivity contribution in [2.75, 3.05) is 12.8 Å². The Morgan fingerprint density at radius 3 is 2.89 bits per heavy atom. The van der Waals surface area contributed by atoms with Crippen LogP contribution >= 0.6 is 23.4 Å². The van der Waals surface area contributed by atoms with Gasteiger partial charge in [0.2, 0.25) is 0 Å². The molecule has 0 aromatic heterocycles. The Balaban J connectivity index is 2.22. The van der Waals surface area contributed by atoms with Crippen molar-refractivity contribution in [3.63, 3.8) is 0 Å². The monoisotopic (exact) mass is 297 g/mol. The van der Waals surface area contributed by atoms with Crippen LogP contribution in [0.4, 0.5) is 0 Å². The third-order valence-electron chi connectivity index (χ3n) is 3.12. The molecule has 106 valence electrons. The zero-order chi connectivity index (χ0) is 13.9. The Morgan fingerprint density at radius 2 is 2.21 bits per heavy atom. The summed E-state index contributed by atoms with van der Waals surface area (Å²) in [6.45, 7) is 3.75. The van der Waals surface area contributed by atoms with Gasteiger partial charge in [0.15, 0.2) is 0 Å². The summed E-state index contributed by atoms with van der Waals surface area (Å²) in [6, 6.07) is 8.65. The first kappa shape index (κ1) is 16.6. The maximum atomic E-state index is 5.99. The summed E-state index contributed by atoms with van der Waals surface area (Å²) in [5.74, 6) is 1.10. The van der Waals surface area contributed by atoms with Crippen molar-refractivity contribution >= 4 is 23.4 Å². The molecule has 0 bridgehead atoms. The van der Waals surface area contributed by atoms with Gasteiger partial charge in [0.1, 0.15) is 0 Å². The van der Waals surface area contributed by atoms with E-state index in [0.717, 1.165) is 17.2 Å². The number of rotatable bonds is 10. The lowest BCUT2D eigenvalue weighted by Crippen LogP contribution is -2.27. The molecule has 1 N–H and O–H groups in total. The number of benzene rings is 1. The lowest BCUT2D eigenvalue weighted by molar-refractivity contribution is 0.526. The first-order valence-corrected chi connectivity index (χ1v) is 8.29. The molecule has 0 heterocycles. The highest BCUT2D eigenvalue weighted by molar-refractivity contribution is 7.99. The van der Waals surface area contributed by atoms with Gasteiger partial charge >= 0.3 is 0 Å². The molecule has 1 atom stereocenters. The van der Waals surface area contributed by atoms with Gasteiger partial charge in [-0.05, 0) is 44.5 Å². The topological polar surface area (TPSA) is 12.0 Å². The van der Waals surface area contributed by atoms with E-state index in [1.54, 1.807) is 0 Å². The Labute approximate surface area is 126 Å². The average Bonchev–Trinajstić information content (AvgIpc) is 2.42. The van der Waals surface area contributed by atoms with Crippen molar-refractivity contribution in [2.45, 2.75) is 43.0 Å². The summed E-state index contributed by atoms with van der Waals surface area (Å²) in [7, 11) is 2.05. The molecule has 0 aliphatic carbocycles. The molecule has 1 nitrogen and oxygen atoms in total. The van der Waals surface area contributed by atoms with Crippen LogP contribution in [-0.4, -0.2) is 18.8 Å². The molecule has 0 fully saturated rings. The molecule has 0 spiro atoms. The highest BCUT2D eigenvalue weighted by atomic mass is 35.5. The van der Waals surface area contributed by atoms with Crippen LogP contribution in [0.1, 0.15) is 32.1 Å². The minimum atomic E-state index is 0.577. The van der Waals surface area contributed by atoms with E-state index in [4.69, 9.17) is 11.6 Å². The molecule has 0 aliphatic heterocycles. The second kappa shape index (κ2) is 10.4. The molecule has 1 unspecified atom stereocenters. The molecule has 0 amide bonds. The van der Waals surface area contributed by atoms with Gasteiger partial charge in [0.05, 0.1) is 0 Å². The second-order valence-electron chi connectivity index (χ2n) is 4.68. The number of hydrogen-bond donors (Lipinski definition) is 1. The molecule has 0 aliphatic rings. The maximum absolute atomic E-state index is 5.99. The van der Waals surface area contributed by atoms with E-state index < -0.39 is 0 Å². The largest absolute Gasteiger partial charge is 0.316 e. The SMILES string of the molecule is C=CCCCCCC(CSc1cccc(Cl)c1)NC. The predicted octanol–water partition coefficient (Wildman–Crippen LogP) is 5.16. The quantitative estimate of drug-likeness (QED) is 0.364. The van der Waals surface area contributed by atoms with E-state index in [9.17, 15) is 0 Å². The molecule has 19 heavy (non-hydrogen) atoms. The second-order valence-corrected chi connectivity index (χ2v) is 6.21. The first-order chi connectivity index (χ1) is 9.26. The van der Waals surface area contributed by atoms with Crippen molar-refractivity contribution < 1.29 is 0 Å². The van der Waals surface area contributed by atoms with Crippen molar-refractivity contribution in [2.24, 2.45) is 0 Å². The number of halogens is 1. The number of nitrogens with one attached hydrogen (secondary N) is 1.